The molecule has 0 fully saturated rings. The van der Waals surface area contributed by atoms with Gasteiger partial charge in [0.25, 0.3) is 0 Å². The first-order valence-corrected chi connectivity index (χ1v) is 12.6. The predicted octanol–water partition coefficient (Wildman–Crippen LogP) is 3.82. The Kier molecular flexibility index (Phi) is 11.0. The third-order valence-electron chi connectivity index (χ3n) is 6.55. The summed E-state index contributed by atoms with van der Waals surface area (Å²) in [6, 6.07) is 7.31. The zero-order chi connectivity index (χ0) is 28.0. The van der Waals surface area contributed by atoms with Gasteiger partial charge in [0.1, 0.15) is 17.7 Å². The maximum atomic E-state index is 13.9. The number of benzene rings is 1. The Labute approximate surface area is 217 Å². The average molecular weight is 506 g/mol. The van der Waals surface area contributed by atoms with E-state index in [1.807, 2.05) is 71.9 Å². The first kappa shape index (κ1) is 31.4. The molecule has 0 aliphatic carbocycles. The van der Waals surface area contributed by atoms with Gasteiger partial charge in [-0.05, 0) is 38.2 Å². The summed E-state index contributed by atoms with van der Waals surface area (Å²) in [7, 11) is 3.19. The summed E-state index contributed by atoms with van der Waals surface area (Å²) >= 11 is 0. The molecule has 8 heteroatoms. The number of likely N-dealkylation sites (N-methyl/N-ethyl adjacent to an activating group) is 2. The van der Waals surface area contributed by atoms with Crippen LogP contribution in [0, 0.1) is 11.8 Å². The third kappa shape index (κ3) is 7.95. The Bertz CT molecular complexity index is 877. The molecule has 2 N–H and O–H groups in total. The molecule has 1 aromatic carbocycles. The van der Waals surface area contributed by atoms with Gasteiger partial charge in [-0.3, -0.25) is 14.5 Å². The number of carbonyl (C=O) groups excluding carboxylic acids is 3. The van der Waals surface area contributed by atoms with Gasteiger partial charge in [-0.15, -0.1) is 0 Å². The van der Waals surface area contributed by atoms with Gasteiger partial charge < -0.3 is 20.1 Å². The van der Waals surface area contributed by atoms with Crippen molar-refractivity contribution in [3.63, 3.8) is 0 Å². The van der Waals surface area contributed by atoms with E-state index >= 15 is 0 Å². The number of hydrogen-bond acceptors (Lipinski definition) is 5. The summed E-state index contributed by atoms with van der Waals surface area (Å²) in [5.74, 6) is -0.928. The smallest absolute Gasteiger partial charge is 0.410 e. The minimum absolute atomic E-state index is 0.0375. The van der Waals surface area contributed by atoms with Crippen molar-refractivity contribution >= 4 is 17.9 Å². The van der Waals surface area contributed by atoms with Crippen molar-refractivity contribution in [3.8, 4) is 0 Å². The van der Waals surface area contributed by atoms with E-state index in [1.165, 1.54) is 9.80 Å². The van der Waals surface area contributed by atoms with Crippen LogP contribution in [0.5, 0.6) is 0 Å². The highest BCUT2D eigenvalue weighted by Gasteiger charge is 2.44. The van der Waals surface area contributed by atoms with Gasteiger partial charge in [-0.25, -0.2) is 4.79 Å². The molecular formula is C28H47N3O5. The Hall–Kier alpha value is -2.61. The molecule has 0 saturated heterocycles. The highest BCUT2D eigenvalue weighted by atomic mass is 16.6. The van der Waals surface area contributed by atoms with E-state index in [0.717, 1.165) is 5.56 Å². The molecule has 1 rings (SSSR count). The molecular weight excluding hydrogens is 458 g/mol. The fourth-order valence-corrected chi connectivity index (χ4v) is 4.36. The molecule has 0 aliphatic heterocycles. The number of aliphatic hydroxyl groups excluding tert-OH is 1. The van der Waals surface area contributed by atoms with E-state index in [2.05, 4.69) is 5.32 Å². The van der Waals surface area contributed by atoms with E-state index in [-0.39, 0.29) is 30.4 Å². The second-order valence-electron chi connectivity index (χ2n) is 11.8. The standard InChI is InChI=1S/C28H47N3O5/c1-18(2)21(17-32)30(10)25(34)22(19(3)4)29-24(33)23(31(11)26(35)36-27(5,6)7)28(8,9)20-15-13-12-14-16-20/h12-16,18-19,21-23,32H,17H2,1-11H3,(H,29,33)/t21-,22+,23-/m1/s1. The van der Waals surface area contributed by atoms with Gasteiger partial charge in [0, 0.05) is 19.5 Å². The quantitative estimate of drug-likeness (QED) is 0.504. The number of aliphatic hydroxyl groups is 1. The lowest BCUT2D eigenvalue weighted by molar-refractivity contribution is -0.141. The fraction of sp³-hybridized carbons (Fsp3) is 0.679. The Morgan fingerprint density at radius 1 is 0.917 bits per heavy atom. The van der Waals surface area contributed by atoms with Crippen molar-refractivity contribution < 1.29 is 24.2 Å². The molecule has 0 unspecified atom stereocenters. The zero-order valence-corrected chi connectivity index (χ0v) is 24.0. The van der Waals surface area contributed by atoms with Crippen LogP contribution >= 0.6 is 0 Å². The fourth-order valence-electron chi connectivity index (χ4n) is 4.36. The molecule has 3 atom stereocenters. The molecule has 8 nitrogen and oxygen atoms in total. The van der Waals surface area contributed by atoms with E-state index in [9.17, 15) is 19.5 Å². The minimum Gasteiger partial charge on any atom is -0.444 e. The van der Waals surface area contributed by atoms with Gasteiger partial charge in [0.05, 0.1) is 12.6 Å². The number of nitrogens with one attached hydrogen (secondary N) is 1. The average Bonchev–Trinajstić information content (AvgIpc) is 2.76. The van der Waals surface area contributed by atoms with Crippen molar-refractivity contribution in [2.75, 3.05) is 20.7 Å². The molecule has 1 aromatic rings. The molecule has 3 amide bonds. The van der Waals surface area contributed by atoms with Crippen molar-refractivity contribution in [1.29, 1.82) is 0 Å². The molecule has 0 saturated carbocycles. The lowest BCUT2D eigenvalue weighted by atomic mass is 9.76. The van der Waals surface area contributed by atoms with Gasteiger partial charge >= 0.3 is 6.09 Å². The Morgan fingerprint density at radius 2 is 1.44 bits per heavy atom. The van der Waals surface area contributed by atoms with Crippen molar-refractivity contribution in [3.05, 3.63) is 35.9 Å². The highest BCUT2D eigenvalue weighted by molar-refractivity contribution is 5.92. The first-order valence-electron chi connectivity index (χ1n) is 12.6. The summed E-state index contributed by atoms with van der Waals surface area (Å²) < 4.78 is 5.58. The van der Waals surface area contributed by atoms with Crippen LogP contribution in [0.3, 0.4) is 0 Å². The van der Waals surface area contributed by atoms with Gasteiger partial charge in [0.15, 0.2) is 0 Å². The molecule has 0 bridgehead atoms. The van der Waals surface area contributed by atoms with E-state index < -0.39 is 35.1 Å². The van der Waals surface area contributed by atoms with Gasteiger partial charge in [-0.1, -0.05) is 71.9 Å². The summed E-state index contributed by atoms with van der Waals surface area (Å²) in [4.78, 5) is 43.2. The lowest BCUT2D eigenvalue weighted by Crippen LogP contribution is -2.62. The van der Waals surface area contributed by atoms with E-state index in [0.29, 0.717) is 0 Å². The van der Waals surface area contributed by atoms with Crippen molar-refractivity contribution in [2.24, 2.45) is 11.8 Å². The second-order valence-corrected chi connectivity index (χ2v) is 11.8. The summed E-state index contributed by atoms with van der Waals surface area (Å²) in [5.41, 5.74) is -0.678. The first-order chi connectivity index (χ1) is 16.5. The summed E-state index contributed by atoms with van der Waals surface area (Å²) in [6.07, 6.45) is -0.628. The molecule has 0 spiro atoms. The molecule has 204 valence electrons. The lowest BCUT2D eigenvalue weighted by Gasteiger charge is -2.41. The van der Waals surface area contributed by atoms with E-state index in [4.69, 9.17) is 4.74 Å². The number of nitrogens with zero attached hydrogens (tertiary/aromatic N) is 2. The minimum atomic E-state index is -0.965. The largest absolute Gasteiger partial charge is 0.444 e. The van der Waals surface area contributed by atoms with Crippen LogP contribution in [-0.2, 0) is 19.7 Å². The van der Waals surface area contributed by atoms with Gasteiger partial charge in [0.2, 0.25) is 11.8 Å². The summed E-state index contributed by atoms with van der Waals surface area (Å²) in [5, 5.41) is 12.8. The van der Waals surface area contributed by atoms with Crippen LogP contribution < -0.4 is 5.32 Å². The number of carbonyl (C=O) groups is 3. The van der Waals surface area contributed by atoms with Crippen LogP contribution in [0.1, 0.15) is 67.9 Å². The maximum Gasteiger partial charge on any atom is 0.410 e. The number of rotatable bonds is 10. The second kappa shape index (κ2) is 12.6. The SMILES string of the molecule is CC(C)[C@H](NC(=O)[C@@H](N(C)C(=O)OC(C)(C)C)C(C)(C)c1ccccc1)C(=O)N(C)[C@H](CO)C(C)C. The van der Waals surface area contributed by atoms with Crippen LogP contribution in [0.25, 0.3) is 0 Å². The number of hydrogen-bond donors (Lipinski definition) is 2. The molecule has 0 heterocycles. The van der Waals surface area contributed by atoms with Crippen LogP contribution in [0.2, 0.25) is 0 Å². The third-order valence-corrected chi connectivity index (χ3v) is 6.55. The Morgan fingerprint density at radius 3 is 1.86 bits per heavy atom. The topological polar surface area (TPSA) is 99.2 Å². The van der Waals surface area contributed by atoms with Crippen molar-refractivity contribution in [1.82, 2.24) is 15.1 Å². The van der Waals surface area contributed by atoms with Crippen molar-refractivity contribution in [2.45, 2.75) is 91.5 Å². The number of ether oxygens (including phenoxy) is 1. The monoisotopic (exact) mass is 505 g/mol. The summed E-state index contributed by atoms with van der Waals surface area (Å²) in [6.45, 7) is 16.5. The van der Waals surface area contributed by atoms with Crippen LogP contribution in [0.4, 0.5) is 4.79 Å². The van der Waals surface area contributed by atoms with Gasteiger partial charge in [-0.2, -0.15) is 0 Å². The molecule has 0 radical (unpaired) electrons. The molecule has 36 heavy (non-hydrogen) atoms. The predicted molar refractivity (Wildman–Crippen MR) is 143 cm³/mol. The Balaban J connectivity index is 3.43. The highest BCUT2D eigenvalue weighted by Crippen LogP contribution is 2.31. The normalized spacial score (nSPS) is 14.7. The zero-order valence-electron chi connectivity index (χ0n) is 24.0. The van der Waals surface area contributed by atoms with Crippen LogP contribution in [0.15, 0.2) is 30.3 Å². The number of amides is 3. The van der Waals surface area contributed by atoms with Crippen LogP contribution in [-0.4, -0.2) is 77.2 Å². The maximum absolute atomic E-state index is 13.9. The molecule has 0 aromatic heterocycles. The molecule has 0 aliphatic rings. The van der Waals surface area contributed by atoms with E-state index in [1.54, 1.807) is 34.9 Å².